The minimum Gasteiger partial charge on any atom is -0.393 e. The molecule has 2 aromatic rings. The number of phosphoric ester groups is 3. The van der Waals surface area contributed by atoms with E-state index < -0.39 is 90.7 Å². The number of nitrogens with two attached hydrogens (primary N) is 1. The van der Waals surface area contributed by atoms with E-state index in [1.807, 2.05) is 18.2 Å². The molecular weight excluding hydrogens is 919 g/mol. The first-order valence-electron chi connectivity index (χ1n) is 19.5. The van der Waals surface area contributed by atoms with E-state index in [0.29, 0.717) is 12.8 Å². The highest BCUT2D eigenvalue weighted by molar-refractivity contribution is 8.13. The number of hydrogen-bond acceptors (Lipinski definition) is 19. The van der Waals surface area contributed by atoms with Crippen LogP contribution in [0.3, 0.4) is 0 Å². The van der Waals surface area contributed by atoms with Gasteiger partial charge in [-0.25, -0.2) is 28.6 Å². The predicted molar refractivity (Wildman–Crippen MR) is 225 cm³/mol. The van der Waals surface area contributed by atoms with Crippen LogP contribution in [0.25, 0.3) is 11.2 Å². The maximum Gasteiger partial charge on any atom is 0.481 e. The van der Waals surface area contributed by atoms with E-state index in [1.54, 1.807) is 0 Å². The molecule has 29 heteroatoms. The number of aliphatic hydroxyl groups is 3. The first kappa shape index (κ1) is 54.3. The number of hydrogen-bond donors (Lipinski definition) is 10. The molecule has 0 saturated carbocycles. The van der Waals surface area contributed by atoms with Crippen molar-refractivity contribution in [2.75, 3.05) is 37.8 Å². The summed E-state index contributed by atoms with van der Waals surface area (Å²) in [6.45, 7) is 2.50. The number of imidazole rings is 1. The number of aliphatic hydroxyl groups excluding tert-OH is 3. The summed E-state index contributed by atoms with van der Waals surface area (Å²) in [6.07, 6.45) is 4.20. The number of carbonyl (C=O) groups excluding carboxylic acids is 3. The van der Waals surface area contributed by atoms with Crippen molar-refractivity contribution in [3.63, 3.8) is 0 Å². The van der Waals surface area contributed by atoms with E-state index in [4.69, 9.17) is 19.5 Å². The Morgan fingerprint density at radius 3 is 2.41 bits per heavy atom. The number of ether oxygens (including phenoxy) is 1. The minimum atomic E-state index is -5.59. The Bertz CT molecular complexity index is 2040. The van der Waals surface area contributed by atoms with Crippen LogP contribution in [0, 0.1) is 5.41 Å². The second kappa shape index (κ2) is 25.1. The van der Waals surface area contributed by atoms with Crippen molar-refractivity contribution >= 4 is 69.1 Å². The molecule has 25 nitrogen and oxygen atoms in total. The van der Waals surface area contributed by atoms with Crippen molar-refractivity contribution < 1.29 is 85.6 Å². The SMILES string of the molecule is CCCC/C=C/C=C/CC(O)CCC(=O)SCCNC(=O)CCNC(=O)C(O)C(C)(C)COP(=O)(O)OP(=O)(O)OCC1OC(n2cnc3c(N)ncnc32)C(O)C1OP(=O)(O)O. The third kappa shape index (κ3) is 18.8. The van der Waals surface area contributed by atoms with E-state index >= 15 is 0 Å². The van der Waals surface area contributed by atoms with Gasteiger partial charge in [0.15, 0.2) is 22.8 Å². The zero-order chi connectivity index (χ0) is 47.0. The highest BCUT2D eigenvalue weighted by atomic mass is 32.2. The zero-order valence-corrected chi connectivity index (χ0v) is 38.2. The van der Waals surface area contributed by atoms with Crippen LogP contribution in [0.4, 0.5) is 5.82 Å². The summed E-state index contributed by atoms with van der Waals surface area (Å²) in [7, 11) is -16.4. The van der Waals surface area contributed by atoms with Crippen LogP contribution in [0.5, 0.6) is 0 Å². The molecule has 356 valence electrons. The maximum absolute atomic E-state index is 12.7. The number of nitrogens with zero attached hydrogens (tertiary/aromatic N) is 4. The van der Waals surface area contributed by atoms with Crippen molar-refractivity contribution in [3.05, 3.63) is 37.0 Å². The van der Waals surface area contributed by atoms with Gasteiger partial charge < -0.3 is 56.0 Å². The van der Waals surface area contributed by atoms with Crippen molar-refractivity contribution in [3.8, 4) is 0 Å². The summed E-state index contributed by atoms with van der Waals surface area (Å²) in [5.74, 6) is -1.22. The van der Waals surface area contributed by atoms with Gasteiger partial charge in [-0.05, 0) is 19.3 Å². The first-order valence-corrected chi connectivity index (χ1v) is 25.0. The largest absolute Gasteiger partial charge is 0.481 e. The minimum absolute atomic E-state index is 0.0259. The van der Waals surface area contributed by atoms with E-state index in [-0.39, 0.29) is 53.8 Å². The number of nitrogen functional groups attached to an aromatic ring is 1. The van der Waals surface area contributed by atoms with Gasteiger partial charge in [0.05, 0.1) is 25.6 Å². The molecular formula is C34H56N7O18P3S. The van der Waals surface area contributed by atoms with Crippen molar-refractivity contribution in [2.45, 2.75) is 102 Å². The molecule has 1 aliphatic heterocycles. The first-order chi connectivity index (χ1) is 29.4. The number of nitrogens with one attached hydrogen (secondary N) is 2. The number of allylic oxidation sites excluding steroid dienone is 3. The molecule has 2 amide bonds. The molecule has 3 rings (SSSR count). The van der Waals surface area contributed by atoms with Gasteiger partial charge in [0.2, 0.25) is 11.8 Å². The molecule has 0 aliphatic carbocycles. The Hall–Kier alpha value is -3.00. The number of amides is 2. The molecule has 0 bridgehead atoms. The summed E-state index contributed by atoms with van der Waals surface area (Å²) in [6, 6.07) is 0. The fraction of sp³-hybridized carbons (Fsp3) is 0.647. The monoisotopic (exact) mass is 975 g/mol. The molecule has 3 heterocycles. The average molecular weight is 976 g/mol. The summed E-state index contributed by atoms with van der Waals surface area (Å²) in [5, 5.41) is 36.4. The molecule has 0 aromatic carbocycles. The van der Waals surface area contributed by atoms with Crippen LogP contribution in [-0.4, -0.2) is 134 Å². The Morgan fingerprint density at radius 1 is 1.02 bits per heavy atom. The number of thioether (sulfide) groups is 1. The van der Waals surface area contributed by atoms with Crippen LogP contribution in [0.1, 0.15) is 71.9 Å². The Morgan fingerprint density at radius 2 is 1.71 bits per heavy atom. The smallest absolute Gasteiger partial charge is 0.393 e. The topological polar surface area (TPSA) is 384 Å². The van der Waals surface area contributed by atoms with Gasteiger partial charge >= 0.3 is 23.5 Å². The highest BCUT2D eigenvalue weighted by Gasteiger charge is 2.50. The third-order valence-corrected chi connectivity index (χ3v) is 13.0. The molecule has 11 N–H and O–H groups in total. The van der Waals surface area contributed by atoms with Gasteiger partial charge in [-0.2, -0.15) is 4.31 Å². The molecule has 1 saturated heterocycles. The maximum atomic E-state index is 12.7. The molecule has 2 aromatic heterocycles. The zero-order valence-electron chi connectivity index (χ0n) is 34.7. The van der Waals surface area contributed by atoms with Crippen LogP contribution < -0.4 is 16.4 Å². The fourth-order valence-corrected chi connectivity index (χ4v) is 9.10. The van der Waals surface area contributed by atoms with E-state index in [9.17, 15) is 63.0 Å². The van der Waals surface area contributed by atoms with Crippen LogP contribution in [0.2, 0.25) is 0 Å². The number of aromatic nitrogens is 4. The summed E-state index contributed by atoms with van der Waals surface area (Å²) in [4.78, 5) is 88.1. The van der Waals surface area contributed by atoms with E-state index in [0.717, 1.165) is 48.2 Å². The Balaban J connectivity index is 1.39. The Labute approximate surface area is 366 Å². The highest BCUT2D eigenvalue weighted by Crippen LogP contribution is 2.61. The molecule has 0 spiro atoms. The number of unbranched alkanes of at least 4 members (excludes halogenated alkanes) is 2. The lowest BCUT2D eigenvalue weighted by Gasteiger charge is -2.30. The van der Waals surface area contributed by atoms with Gasteiger partial charge in [0.1, 0.15) is 36.3 Å². The lowest BCUT2D eigenvalue weighted by Crippen LogP contribution is -2.46. The number of carbonyl (C=O) groups is 3. The second-order valence-corrected chi connectivity index (χ2v) is 20.1. The summed E-state index contributed by atoms with van der Waals surface area (Å²) in [5.41, 5.74) is 4.24. The number of anilines is 1. The molecule has 1 aliphatic rings. The average Bonchev–Trinajstić information content (AvgIpc) is 3.76. The van der Waals surface area contributed by atoms with Gasteiger partial charge in [-0.15, -0.1) is 0 Å². The fourth-order valence-electron chi connectivity index (χ4n) is 5.58. The van der Waals surface area contributed by atoms with Gasteiger partial charge in [-0.1, -0.05) is 69.7 Å². The molecule has 8 unspecified atom stereocenters. The standard InChI is InChI=1S/C34H56N7O18P3S/c1-4-5-6-7-8-9-10-11-22(42)12-13-25(44)63-17-16-36-24(43)14-15-37-32(47)29(46)34(2,3)19-56-62(53,54)59-61(51,52)55-18-23-28(58-60(48,49)50)27(45)33(57-23)41-21-40-26-30(35)38-20-39-31(26)41/h7-10,20-23,27-29,33,42,45-46H,4-6,11-19H2,1-3H3,(H,36,43)(H,37,47)(H,51,52)(H,53,54)(H2,35,38,39)(H2,48,49,50)/b8-7+,10-9+. The number of rotatable bonds is 28. The number of phosphoric acid groups is 3. The van der Waals surface area contributed by atoms with Gasteiger partial charge in [0.25, 0.3) is 0 Å². The quantitative estimate of drug-likeness (QED) is 0.0328. The lowest BCUT2D eigenvalue weighted by atomic mass is 9.87. The van der Waals surface area contributed by atoms with E-state index in [2.05, 4.69) is 47.4 Å². The van der Waals surface area contributed by atoms with Crippen molar-refractivity contribution in [1.82, 2.24) is 30.2 Å². The third-order valence-electron chi connectivity index (χ3n) is 8.96. The van der Waals surface area contributed by atoms with Crippen LogP contribution in [0.15, 0.2) is 37.0 Å². The van der Waals surface area contributed by atoms with E-state index in [1.165, 1.54) is 13.8 Å². The van der Waals surface area contributed by atoms with Gasteiger partial charge in [0, 0.05) is 37.1 Å². The van der Waals surface area contributed by atoms with Crippen LogP contribution >= 0.6 is 35.2 Å². The molecule has 8 atom stereocenters. The predicted octanol–water partition coefficient (Wildman–Crippen LogP) is 1.50. The molecule has 63 heavy (non-hydrogen) atoms. The van der Waals surface area contributed by atoms with Crippen molar-refractivity contribution in [1.29, 1.82) is 0 Å². The van der Waals surface area contributed by atoms with Crippen molar-refractivity contribution in [2.24, 2.45) is 5.41 Å². The Kier molecular flexibility index (Phi) is 21.6. The molecule has 0 radical (unpaired) electrons. The van der Waals surface area contributed by atoms with Crippen LogP contribution in [-0.2, 0) is 50.7 Å². The second-order valence-electron chi connectivity index (χ2n) is 14.7. The normalized spacial score (nSPS) is 21.4. The summed E-state index contributed by atoms with van der Waals surface area (Å²) < 4.78 is 62.3. The lowest BCUT2D eigenvalue weighted by molar-refractivity contribution is -0.137. The number of fused-ring (bicyclic) bond motifs is 1. The van der Waals surface area contributed by atoms with Gasteiger partial charge in [-0.3, -0.25) is 32.5 Å². The summed E-state index contributed by atoms with van der Waals surface area (Å²) >= 11 is 1.01. The molecule has 1 fully saturated rings.